The Balaban J connectivity index is 1.45. The fourth-order valence-electron chi connectivity index (χ4n) is 2.89. The fraction of sp³-hybridized carbons (Fsp3) is 0.471. The van der Waals surface area contributed by atoms with Gasteiger partial charge in [0.25, 0.3) is 5.91 Å². The highest BCUT2D eigenvalue weighted by molar-refractivity contribution is 9.10. The maximum Gasteiger partial charge on any atom is 0.267 e. The number of fused-ring (bicyclic) bond motifs is 1. The van der Waals surface area contributed by atoms with Crippen molar-refractivity contribution in [1.82, 2.24) is 20.1 Å². The van der Waals surface area contributed by atoms with E-state index >= 15 is 0 Å². The van der Waals surface area contributed by atoms with Gasteiger partial charge >= 0.3 is 0 Å². The average Bonchev–Trinajstić information content (AvgIpc) is 2.96. The summed E-state index contributed by atoms with van der Waals surface area (Å²) in [4.78, 5) is 20.2. The van der Waals surface area contributed by atoms with Crippen molar-refractivity contribution in [2.75, 3.05) is 46.3 Å². The first kappa shape index (κ1) is 16.5. The molecular formula is C17H23BrN4O. The van der Waals surface area contributed by atoms with Gasteiger partial charge in [-0.15, -0.1) is 0 Å². The van der Waals surface area contributed by atoms with Crippen molar-refractivity contribution in [2.24, 2.45) is 0 Å². The number of rotatable bonds is 5. The normalized spacial score (nSPS) is 16.8. The van der Waals surface area contributed by atoms with Gasteiger partial charge in [-0.05, 0) is 38.2 Å². The van der Waals surface area contributed by atoms with Crippen molar-refractivity contribution < 1.29 is 4.79 Å². The lowest BCUT2D eigenvalue weighted by molar-refractivity contribution is 0.0945. The van der Waals surface area contributed by atoms with Crippen LogP contribution in [0, 0.1) is 0 Å². The van der Waals surface area contributed by atoms with Crippen LogP contribution >= 0.6 is 15.9 Å². The van der Waals surface area contributed by atoms with Crippen molar-refractivity contribution in [3.63, 3.8) is 0 Å². The number of likely N-dealkylation sites (N-methyl/N-ethyl adjacent to an activating group) is 1. The SMILES string of the molecule is CN1CCN(CCCNC(=O)c2cc3ccc(Br)cc3[nH]2)CC1. The highest BCUT2D eigenvalue weighted by Crippen LogP contribution is 2.20. The molecule has 0 bridgehead atoms. The molecule has 124 valence electrons. The summed E-state index contributed by atoms with van der Waals surface area (Å²) in [5.74, 6) is -0.0318. The summed E-state index contributed by atoms with van der Waals surface area (Å²) in [6, 6.07) is 7.87. The van der Waals surface area contributed by atoms with E-state index in [0.29, 0.717) is 12.2 Å². The number of hydrogen-bond acceptors (Lipinski definition) is 3. The lowest BCUT2D eigenvalue weighted by atomic mass is 10.2. The van der Waals surface area contributed by atoms with Crippen LogP contribution in [0.25, 0.3) is 10.9 Å². The van der Waals surface area contributed by atoms with Crippen molar-refractivity contribution >= 4 is 32.7 Å². The minimum absolute atomic E-state index is 0.0318. The van der Waals surface area contributed by atoms with Crippen LogP contribution in [-0.4, -0.2) is 67.0 Å². The number of hydrogen-bond donors (Lipinski definition) is 2. The maximum atomic E-state index is 12.2. The van der Waals surface area contributed by atoms with Crippen molar-refractivity contribution in [3.05, 3.63) is 34.4 Å². The summed E-state index contributed by atoms with van der Waals surface area (Å²) < 4.78 is 1.01. The van der Waals surface area contributed by atoms with E-state index in [-0.39, 0.29) is 5.91 Å². The molecule has 2 N–H and O–H groups in total. The standard InChI is InChI=1S/C17H23BrN4O/c1-21-7-9-22(10-8-21)6-2-5-19-17(23)16-11-13-3-4-14(18)12-15(13)20-16/h3-4,11-12,20H,2,5-10H2,1H3,(H,19,23). The molecule has 1 aromatic carbocycles. The van der Waals surface area contributed by atoms with Gasteiger partial charge in [0.05, 0.1) is 0 Å². The van der Waals surface area contributed by atoms with E-state index < -0.39 is 0 Å². The molecule has 0 aliphatic carbocycles. The number of benzene rings is 1. The summed E-state index contributed by atoms with van der Waals surface area (Å²) >= 11 is 3.44. The van der Waals surface area contributed by atoms with Crippen molar-refractivity contribution in [2.45, 2.75) is 6.42 Å². The van der Waals surface area contributed by atoms with Gasteiger partial charge in [0.15, 0.2) is 0 Å². The third kappa shape index (κ3) is 4.34. The van der Waals surface area contributed by atoms with Gasteiger partial charge in [0.1, 0.15) is 5.69 Å². The van der Waals surface area contributed by atoms with E-state index in [1.54, 1.807) is 0 Å². The minimum atomic E-state index is -0.0318. The Hall–Kier alpha value is -1.37. The molecule has 0 atom stereocenters. The molecule has 3 rings (SSSR count). The number of aromatic amines is 1. The van der Waals surface area contributed by atoms with Gasteiger partial charge in [-0.25, -0.2) is 0 Å². The van der Waals surface area contributed by atoms with Gasteiger partial charge in [0, 0.05) is 48.1 Å². The second-order valence-electron chi connectivity index (χ2n) is 6.17. The molecule has 1 fully saturated rings. The monoisotopic (exact) mass is 378 g/mol. The molecule has 1 saturated heterocycles. The zero-order valence-corrected chi connectivity index (χ0v) is 15.0. The third-order valence-corrected chi connectivity index (χ3v) is 4.85. The number of piperazine rings is 1. The van der Waals surface area contributed by atoms with Crippen LogP contribution in [0.4, 0.5) is 0 Å². The summed E-state index contributed by atoms with van der Waals surface area (Å²) in [5.41, 5.74) is 1.60. The summed E-state index contributed by atoms with van der Waals surface area (Å²) in [7, 11) is 2.16. The molecule has 0 saturated carbocycles. The molecule has 1 amide bonds. The number of nitrogens with one attached hydrogen (secondary N) is 2. The van der Waals surface area contributed by atoms with E-state index in [2.05, 4.69) is 43.1 Å². The Labute approximate surface area is 145 Å². The number of halogens is 1. The Kier molecular flexibility index (Phi) is 5.35. The zero-order chi connectivity index (χ0) is 16.2. The van der Waals surface area contributed by atoms with Gasteiger partial charge in [-0.1, -0.05) is 22.0 Å². The van der Waals surface area contributed by atoms with Gasteiger partial charge in [-0.3, -0.25) is 4.79 Å². The molecular weight excluding hydrogens is 356 g/mol. The van der Waals surface area contributed by atoms with E-state index in [0.717, 1.165) is 54.5 Å². The number of carbonyl (C=O) groups is 1. The van der Waals surface area contributed by atoms with Crippen molar-refractivity contribution in [3.8, 4) is 0 Å². The maximum absolute atomic E-state index is 12.2. The Morgan fingerprint density at radius 2 is 2.04 bits per heavy atom. The lowest BCUT2D eigenvalue weighted by Gasteiger charge is -2.32. The quantitative estimate of drug-likeness (QED) is 0.784. The zero-order valence-electron chi connectivity index (χ0n) is 13.4. The predicted molar refractivity (Wildman–Crippen MR) is 96.9 cm³/mol. The molecule has 2 aromatic rings. The largest absolute Gasteiger partial charge is 0.351 e. The number of H-pyrrole nitrogens is 1. The van der Waals surface area contributed by atoms with Crippen LogP contribution in [0.5, 0.6) is 0 Å². The summed E-state index contributed by atoms with van der Waals surface area (Å²) in [6.45, 7) is 6.29. The Morgan fingerprint density at radius 1 is 1.26 bits per heavy atom. The highest BCUT2D eigenvalue weighted by atomic mass is 79.9. The topological polar surface area (TPSA) is 51.4 Å². The smallest absolute Gasteiger partial charge is 0.267 e. The number of aromatic nitrogens is 1. The lowest BCUT2D eigenvalue weighted by Crippen LogP contribution is -2.45. The van der Waals surface area contributed by atoms with Gasteiger partial charge in [-0.2, -0.15) is 0 Å². The number of amides is 1. The van der Waals surface area contributed by atoms with E-state index in [1.165, 1.54) is 0 Å². The molecule has 0 radical (unpaired) electrons. The first-order chi connectivity index (χ1) is 11.1. The molecule has 0 spiro atoms. The van der Waals surface area contributed by atoms with Crippen LogP contribution in [0.15, 0.2) is 28.7 Å². The van der Waals surface area contributed by atoms with Crippen LogP contribution < -0.4 is 5.32 Å². The average molecular weight is 379 g/mol. The minimum Gasteiger partial charge on any atom is -0.351 e. The highest BCUT2D eigenvalue weighted by Gasteiger charge is 2.13. The second-order valence-corrected chi connectivity index (χ2v) is 7.08. The van der Waals surface area contributed by atoms with E-state index in [4.69, 9.17) is 0 Å². The van der Waals surface area contributed by atoms with E-state index in [9.17, 15) is 4.79 Å². The molecule has 23 heavy (non-hydrogen) atoms. The van der Waals surface area contributed by atoms with Crippen LogP contribution in [-0.2, 0) is 0 Å². The summed E-state index contributed by atoms with van der Waals surface area (Å²) in [5, 5.41) is 4.06. The molecule has 1 aromatic heterocycles. The Bertz CT molecular complexity index is 676. The number of nitrogens with zero attached hydrogens (tertiary/aromatic N) is 2. The Morgan fingerprint density at radius 3 is 2.83 bits per heavy atom. The third-order valence-electron chi connectivity index (χ3n) is 4.36. The van der Waals surface area contributed by atoms with Crippen LogP contribution in [0.1, 0.15) is 16.9 Å². The van der Waals surface area contributed by atoms with Gasteiger partial charge in [0.2, 0.25) is 0 Å². The molecule has 1 aliphatic heterocycles. The van der Waals surface area contributed by atoms with Crippen LogP contribution in [0.2, 0.25) is 0 Å². The van der Waals surface area contributed by atoms with Crippen molar-refractivity contribution in [1.29, 1.82) is 0 Å². The molecule has 6 heteroatoms. The number of carbonyl (C=O) groups excluding carboxylic acids is 1. The second kappa shape index (κ2) is 7.47. The molecule has 5 nitrogen and oxygen atoms in total. The fourth-order valence-corrected chi connectivity index (χ4v) is 3.25. The molecule has 2 heterocycles. The predicted octanol–water partition coefficient (Wildman–Crippen LogP) is 2.30. The first-order valence-corrected chi connectivity index (χ1v) is 8.88. The van der Waals surface area contributed by atoms with Crippen LogP contribution in [0.3, 0.4) is 0 Å². The van der Waals surface area contributed by atoms with Gasteiger partial charge < -0.3 is 20.1 Å². The first-order valence-electron chi connectivity index (χ1n) is 8.09. The molecule has 0 unspecified atom stereocenters. The van der Waals surface area contributed by atoms with E-state index in [1.807, 2.05) is 24.3 Å². The molecule has 1 aliphatic rings. The summed E-state index contributed by atoms with van der Waals surface area (Å²) in [6.07, 6.45) is 0.987.